The fourth-order valence-corrected chi connectivity index (χ4v) is 1.98. The summed E-state index contributed by atoms with van der Waals surface area (Å²) < 4.78 is 10.1. The van der Waals surface area contributed by atoms with Crippen molar-refractivity contribution in [1.82, 2.24) is 9.97 Å². The number of ether oxygens (including phenoxy) is 1. The van der Waals surface area contributed by atoms with E-state index in [2.05, 4.69) is 15.3 Å². The molecule has 0 aliphatic heterocycles. The minimum Gasteiger partial charge on any atom is -0.452 e. The third-order valence-electron chi connectivity index (χ3n) is 3.17. The molecular formula is C16H13N3O4. The van der Waals surface area contributed by atoms with E-state index in [-0.39, 0.29) is 0 Å². The molecule has 23 heavy (non-hydrogen) atoms. The first-order valence-electron chi connectivity index (χ1n) is 6.85. The summed E-state index contributed by atoms with van der Waals surface area (Å²) in [6.45, 7) is 1.42. The van der Waals surface area contributed by atoms with Gasteiger partial charge in [-0.2, -0.15) is 0 Å². The molecule has 0 saturated heterocycles. The van der Waals surface area contributed by atoms with Crippen LogP contribution in [0.5, 0.6) is 0 Å². The number of rotatable bonds is 4. The Labute approximate surface area is 131 Å². The highest BCUT2D eigenvalue weighted by molar-refractivity contribution is 5.96. The van der Waals surface area contributed by atoms with E-state index in [1.165, 1.54) is 6.39 Å². The third kappa shape index (κ3) is 3.34. The van der Waals surface area contributed by atoms with Crippen LogP contribution in [0.4, 0.5) is 5.82 Å². The van der Waals surface area contributed by atoms with Gasteiger partial charge < -0.3 is 14.5 Å². The predicted molar refractivity (Wildman–Crippen MR) is 81.9 cm³/mol. The minimum absolute atomic E-state index is 0.299. The summed E-state index contributed by atoms with van der Waals surface area (Å²) in [5.74, 6) is -0.622. The SMILES string of the molecule is Cc1cccnc1NC(=O)COC(=O)c1ccc2ocnc2c1. The second-order valence-corrected chi connectivity index (χ2v) is 4.83. The van der Waals surface area contributed by atoms with Crippen LogP contribution in [0.2, 0.25) is 0 Å². The summed E-state index contributed by atoms with van der Waals surface area (Å²) in [6, 6.07) is 8.31. The lowest BCUT2D eigenvalue weighted by atomic mass is 10.2. The highest BCUT2D eigenvalue weighted by Crippen LogP contribution is 2.15. The highest BCUT2D eigenvalue weighted by atomic mass is 16.5. The normalized spacial score (nSPS) is 10.5. The molecule has 0 radical (unpaired) electrons. The lowest BCUT2D eigenvalue weighted by Crippen LogP contribution is -2.21. The monoisotopic (exact) mass is 311 g/mol. The van der Waals surface area contributed by atoms with Crippen molar-refractivity contribution >= 4 is 28.8 Å². The average Bonchev–Trinajstić information content (AvgIpc) is 3.02. The van der Waals surface area contributed by atoms with Crippen molar-refractivity contribution in [2.45, 2.75) is 6.92 Å². The Kier molecular flexibility index (Phi) is 4.01. The standard InChI is InChI=1S/C16H13N3O4/c1-10-3-2-6-17-15(10)19-14(20)8-22-16(21)11-4-5-13-12(7-11)18-9-23-13/h2-7,9H,8H2,1H3,(H,17,19,20). The van der Waals surface area contributed by atoms with Gasteiger partial charge in [0.25, 0.3) is 5.91 Å². The maximum Gasteiger partial charge on any atom is 0.338 e. The van der Waals surface area contributed by atoms with Gasteiger partial charge in [-0.1, -0.05) is 6.07 Å². The molecule has 2 heterocycles. The second kappa shape index (κ2) is 6.27. The molecule has 7 heteroatoms. The first-order chi connectivity index (χ1) is 11.1. The van der Waals surface area contributed by atoms with Crippen molar-refractivity contribution in [3.05, 3.63) is 54.0 Å². The lowest BCUT2D eigenvalue weighted by molar-refractivity contribution is -0.119. The molecule has 2 aromatic heterocycles. The first kappa shape index (κ1) is 14.7. The molecule has 3 rings (SSSR count). The zero-order chi connectivity index (χ0) is 16.2. The smallest absolute Gasteiger partial charge is 0.338 e. The van der Waals surface area contributed by atoms with Crippen molar-refractivity contribution < 1.29 is 18.7 Å². The van der Waals surface area contributed by atoms with Crippen LogP contribution in [-0.2, 0) is 9.53 Å². The van der Waals surface area contributed by atoms with Crippen LogP contribution in [0.3, 0.4) is 0 Å². The summed E-state index contributed by atoms with van der Waals surface area (Å²) in [5.41, 5.74) is 2.25. The number of fused-ring (bicyclic) bond motifs is 1. The third-order valence-corrected chi connectivity index (χ3v) is 3.17. The van der Waals surface area contributed by atoms with Gasteiger partial charge in [0.1, 0.15) is 11.3 Å². The predicted octanol–water partition coefficient (Wildman–Crippen LogP) is 2.33. The fraction of sp³-hybridized carbons (Fsp3) is 0.125. The molecule has 116 valence electrons. The van der Waals surface area contributed by atoms with E-state index in [0.717, 1.165) is 5.56 Å². The van der Waals surface area contributed by atoms with Crippen molar-refractivity contribution in [2.75, 3.05) is 11.9 Å². The van der Waals surface area contributed by atoms with Crippen LogP contribution in [0.1, 0.15) is 15.9 Å². The van der Waals surface area contributed by atoms with Gasteiger partial charge in [0, 0.05) is 6.20 Å². The zero-order valence-electron chi connectivity index (χ0n) is 12.3. The Morgan fingerprint density at radius 3 is 2.96 bits per heavy atom. The van der Waals surface area contributed by atoms with Crippen LogP contribution in [0, 0.1) is 6.92 Å². The van der Waals surface area contributed by atoms with Crippen LogP contribution in [-0.4, -0.2) is 28.5 Å². The number of nitrogens with one attached hydrogen (secondary N) is 1. The summed E-state index contributed by atoms with van der Waals surface area (Å²) >= 11 is 0. The molecule has 0 atom stereocenters. The molecular weight excluding hydrogens is 298 g/mol. The number of carbonyl (C=O) groups excluding carboxylic acids is 2. The number of oxazole rings is 1. The van der Waals surface area contributed by atoms with E-state index < -0.39 is 18.5 Å². The Morgan fingerprint density at radius 2 is 2.13 bits per heavy atom. The summed E-state index contributed by atoms with van der Waals surface area (Å²) in [6.07, 6.45) is 2.87. The van der Waals surface area contributed by atoms with E-state index in [9.17, 15) is 9.59 Å². The Balaban J connectivity index is 1.60. The van der Waals surface area contributed by atoms with Gasteiger partial charge in [-0.05, 0) is 36.8 Å². The number of hydrogen-bond acceptors (Lipinski definition) is 6. The Bertz CT molecular complexity index is 872. The van der Waals surface area contributed by atoms with Gasteiger partial charge in [-0.3, -0.25) is 4.79 Å². The van der Waals surface area contributed by atoms with Gasteiger partial charge in [-0.25, -0.2) is 14.8 Å². The van der Waals surface area contributed by atoms with E-state index >= 15 is 0 Å². The van der Waals surface area contributed by atoms with Gasteiger partial charge >= 0.3 is 5.97 Å². The van der Waals surface area contributed by atoms with E-state index in [1.807, 2.05) is 13.0 Å². The number of nitrogens with zero attached hydrogens (tertiary/aromatic N) is 2. The number of anilines is 1. The highest BCUT2D eigenvalue weighted by Gasteiger charge is 2.13. The summed E-state index contributed by atoms with van der Waals surface area (Å²) in [4.78, 5) is 31.8. The molecule has 0 aliphatic rings. The summed E-state index contributed by atoms with van der Waals surface area (Å²) in [7, 11) is 0. The lowest BCUT2D eigenvalue weighted by Gasteiger charge is -2.07. The van der Waals surface area contributed by atoms with Crippen molar-refractivity contribution in [1.29, 1.82) is 0 Å². The van der Waals surface area contributed by atoms with Crippen molar-refractivity contribution in [3.63, 3.8) is 0 Å². The van der Waals surface area contributed by atoms with Crippen molar-refractivity contribution in [2.24, 2.45) is 0 Å². The molecule has 0 fully saturated rings. The molecule has 7 nitrogen and oxygen atoms in total. The minimum atomic E-state index is -0.609. The molecule has 1 aromatic carbocycles. The number of aryl methyl sites for hydroxylation is 1. The molecule has 0 bridgehead atoms. The first-order valence-corrected chi connectivity index (χ1v) is 6.85. The van der Waals surface area contributed by atoms with Crippen molar-refractivity contribution in [3.8, 4) is 0 Å². The second-order valence-electron chi connectivity index (χ2n) is 4.83. The molecule has 0 saturated carbocycles. The molecule has 1 amide bonds. The average molecular weight is 311 g/mol. The van der Waals surface area contributed by atoms with Crippen LogP contribution in [0.25, 0.3) is 11.1 Å². The maximum atomic E-state index is 12.0. The topological polar surface area (TPSA) is 94.3 Å². The van der Waals surface area contributed by atoms with Gasteiger partial charge in [0.05, 0.1) is 5.56 Å². The Morgan fingerprint density at radius 1 is 1.26 bits per heavy atom. The van der Waals surface area contributed by atoms with E-state index in [4.69, 9.17) is 9.15 Å². The molecule has 1 N–H and O–H groups in total. The molecule has 0 spiro atoms. The van der Waals surface area contributed by atoms with E-state index in [0.29, 0.717) is 22.5 Å². The number of esters is 1. The van der Waals surface area contributed by atoms with Gasteiger partial charge in [0.15, 0.2) is 18.6 Å². The summed E-state index contributed by atoms with van der Waals surface area (Å²) in [5, 5.41) is 2.59. The molecule has 3 aromatic rings. The number of benzene rings is 1. The zero-order valence-corrected chi connectivity index (χ0v) is 12.3. The maximum absolute atomic E-state index is 12.0. The molecule has 0 unspecified atom stereocenters. The van der Waals surface area contributed by atoms with Crippen LogP contribution >= 0.6 is 0 Å². The molecule has 0 aliphatic carbocycles. The quantitative estimate of drug-likeness (QED) is 0.743. The number of aromatic nitrogens is 2. The largest absolute Gasteiger partial charge is 0.452 e. The van der Waals surface area contributed by atoms with Gasteiger partial charge in [-0.15, -0.1) is 0 Å². The van der Waals surface area contributed by atoms with Gasteiger partial charge in [0.2, 0.25) is 0 Å². The Hall–Kier alpha value is -3.22. The number of pyridine rings is 1. The number of carbonyl (C=O) groups is 2. The van der Waals surface area contributed by atoms with Crippen LogP contribution < -0.4 is 5.32 Å². The van der Waals surface area contributed by atoms with Crippen LogP contribution in [0.15, 0.2) is 47.3 Å². The number of hydrogen-bond donors (Lipinski definition) is 1. The van der Waals surface area contributed by atoms with E-state index in [1.54, 1.807) is 30.5 Å². The number of amides is 1. The fourth-order valence-electron chi connectivity index (χ4n) is 1.98.